The third-order valence-corrected chi connectivity index (χ3v) is 4.57. The van der Waals surface area contributed by atoms with Crippen molar-refractivity contribution >= 4 is 15.9 Å². The van der Waals surface area contributed by atoms with Gasteiger partial charge < -0.3 is 11.1 Å². The maximum Gasteiger partial charge on any atom is 0.0294 e. The number of hydrogen-bond donors (Lipinski definition) is 2. The smallest absolute Gasteiger partial charge is 0.0294 e. The Morgan fingerprint density at radius 2 is 1.94 bits per heavy atom. The van der Waals surface area contributed by atoms with Gasteiger partial charge in [0.1, 0.15) is 0 Å². The van der Waals surface area contributed by atoms with Crippen LogP contribution in [0.3, 0.4) is 0 Å². The summed E-state index contributed by atoms with van der Waals surface area (Å²) >= 11 is 3.48. The van der Waals surface area contributed by atoms with Crippen LogP contribution in [0, 0.1) is 5.92 Å². The predicted molar refractivity (Wildman–Crippen MR) is 80.5 cm³/mol. The maximum atomic E-state index is 5.88. The number of benzene rings is 1. The van der Waals surface area contributed by atoms with Crippen LogP contribution in [-0.4, -0.2) is 12.6 Å². The summed E-state index contributed by atoms with van der Waals surface area (Å²) in [7, 11) is 0. The second-order valence-electron chi connectivity index (χ2n) is 5.33. The molecule has 0 aromatic heterocycles. The third-order valence-electron chi connectivity index (χ3n) is 4.05. The van der Waals surface area contributed by atoms with E-state index in [2.05, 4.69) is 52.4 Å². The highest BCUT2D eigenvalue weighted by Gasteiger charge is 2.25. The first-order chi connectivity index (χ1) is 8.70. The third kappa shape index (κ3) is 3.56. The SMILES string of the molecule is CC(NC1CCCCC1CN)c1ccc(Br)cc1. The fourth-order valence-corrected chi connectivity index (χ4v) is 3.14. The Labute approximate surface area is 118 Å². The lowest BCUT2D eigenvalue weighted by atomic mass is 9.84. The molecule has 0 heterocycles. The molecule has 1 aromatic carbocycles. The lowest BCUT2D eigenvalue weighted by molar-refractivity contribution is 0.252. The first-order valence-corrected chi connectivity index (χ1v) is 7.71. The summed E-state index contributed by atoms with van der Waals surface area (Å²) in [5.74, 6) is 0.650. The molecular weight excluding hydrogens is 288 g/mol. The Bertz CT molecular complexity index is 363. The quantitative estimate of drug-likeness (QED) is 0.891. The molecule has 1 aliphatic rings. The highest BCUT2D eigenvalue weighted by atomic mass is 79.9. The van der Waals surface area contributed by atoms with E-state index in [4.69, 9.17) is 5.73 Å². The lowest BCUT2D eigenvalue weighted by Gasteiger charge is -2.34. The van der Waals surface area contributed by atoms with Gasteiger partial charge in [0.2, 0.25) is 0 Å². The van der Waals surface area contributed by atoms with E-state index in [0.717, 1.165) is 11.0 Å². The summed E-state index contributed by atoms with van der Waals surface area (Å²) in [6.45, 7) is 3.05. The van der Waals surface area contributed by atoms with Crippen LogP contribution in [0.15, 0.2) is 28.7 Å². The molecule has 1 aromatic rings. The fourth-order valence-electron chi connectivity index (χ4n) is 2.88. The van der Waals surface area contributed by atoms with Gasteiger partial charge in [0, 0.05) is 16.6 Å². The van der Waals surface area contributed by atoms with E-state index in [0.29, 0.717) is 18.0 Å². The highest BCUT2D eigenvalue weighted by Crippen LogP contribution is 2.26. The van der Waals surface area contributed by atoms with Gasteiger partial charge in [-0.25, -0.2) is 0 Å². The first-order valence-electron chi connectivity index (χ1n) is 6.92. The van der Waals surface area contributed by atoms with Gasteiger partial charge in [0.05, 0.1) is 0 Å². The van der Waals surface area contributed by atoms with E-state index in [-0.39, 0.29) is 0 Å². The summed E-state index contributed by atoms with van der Waals surface area (Å²) in [5, 5.41) is 3.76. The molecule has 2 nitrogen and oxygen atoms in total. The molecule has 3 unspecified atom stereocenters. The molecule has 18 heavy (non-hydrogen) atoms. The van der Waals surface area contributed by atoms with Gasteiger partial charge in [-0.2, -0.15) is 0 Å². The average Bonchev–Trinajstić information content (AvgIpc) is 2.40. The molecular formula is C15H23BrN2. The van der Waals surface area contributed by atoms with Crippen molar-refractivity contribution in [3.05, 3.63) is 34.3 Å². The minimum atomic E-state index is 0.398. The van der Waals surface area contributed by atoms with Crippen molar-refractivity contribution in [3.8, 4) is 0 Å². The topological polar surface area (TPSA) is 38.0 Å². The molecule has 100 valence electrons. The van der Waals surface area contributed by atoms with Gasteiger partial charge >= 0.3 is 0 Å². The molecule has 1 saturated carbocycles. The summed E-state index contributed by atoms with van der Waals surface area (Å²) in [6.07, 6.45) is 5.22. The van der Waals surface area contributed by atoms with Crippen LogP contribution in [0.25, 0.3) is 0 Å². The fraction of sp³-hybridized carbons (Fsp3) is 0.600. The largest absolute Gasteiger partial charge is 0.330 e. The van der Waals surface area contributed by atoms with Crippen molar-refractivity contribution < 1.29 is 0 Å². The molecule has 0 amide bonds. The first kappa shape index (κ1) is 14.0. The van der Waals surface area contributed by atoms with E-state index in [1.54, 1.807) is 0 Å². The molecule has 1 aliphatic carbocycles. The van der Waals surface area contributed by atoms with Crippen LogP contribution in [-0.2, 0) is 0 Å². The van der Waals surface area contributed by atoms with Crippen molar-refractivity contribution in [2.45, 2.75) is 44.7 Å². The van der Waals surface area contributed by atoms with Crippen LogP contribution in [0.2, 0.25) is 0 Å². The molecule has 3 heteroatoms. The van der Waals surface area contributed by atoms with Gasteiger partial charge in [-0.1, -0.05) is 40.9 Å². The van der Waals surface area contributed by atoms with E-state index in [1.807, 2.05) is 0 Å². The van der Waals surface area contributed by atoms with Crippen LogP contribution in [0.1, 0.15) is 44.2 Å². The van der Waals surface area contributed by atoms with Gasteiger partial charge in [0.25, 0.3) is 0 Å². The predicted octanol–water partition coefficient (Wildman–Crippen LogP) is 3.62. The Hall–Kier alpha value is -0.380. The summed E-state index contributed by atoms with van der Waals surface area (Å²) in [6, 6.07) is 9.56. The molecule has 3 atom stereocenters. The number of rotatable bonds is 4. The zero-order valence-corrected chi connectivity index (χ0v) is 12.6. The van der Waals surface area contributed by atoms with Crippen LogP contribution in [0.4, 0.5) is 0 Å². The second-order valence-corrected chi connectivity index (χ2v) is 6.24. The summed E-state index contributed by atoms with van der Waals surface area (Å²) < 4.78 is 1.14. The molecule has 0 saturated heterocycles. The van der Waals surface area contributed by atoms with E-state index < -0.39 is 0 Å². The monoisotopic (exact) mass is 310 g/mol. The van der Waals surface area contributed by atoms with Crippen molar-refractivity contribution in [1.82, 2.24) is 5.32 Å². The van der Waals surface area contributed by atoms with Gasteiger partial charge in [-0.3, -0.25) is 0 Å². The second kappa shape index (κ2) is 6.69. The zero-order valence-electron chi connectivity index (χ0n) is 11.0. The number of nitrogens with one attached hydrogen (secondary N) is 1. The van der Waals surface area contributed by atoms with E-state index >= 15 is 0 Å². The van der Waals surface area contributed by atoms with Crippen molar-refractivity contribution in [2.75, 3.05) is 6.54 Å². The Kier molecular flexibility index (Phi) is 5.22. The van der Waals surface area contributed by atoms with Gasteiger partial charge in [-0.05, 0) is 49.9 Å². The Morgan fingerprint density at radius 1 is 1.28 bits per heavy atom. The number of halogens is 1. The standard InChI is InChI=1S/C15H23BrN2/c1-11(12-6-8-14(16)9-7-12)18-15-5-3-2-4-13(15)10-17/h6-9,11,13,15,18H,2-5,10,17H2,1H3. The highest BCUT2D eigenvalue weighted by molar-refractivity contribution is 9.10. The lowest BCUT2D eigenvalue weighted by Crippen LogP contribution is -2.42. The van der Waals surface area contributed by atoms with Crippen LogP contribution in [0.5, 0.6) is 0 Å². The molecule has 2 rings (SSSR count). The van der Waals surface area contributed by atoms with E-state index in [1.165, 1.54) is 31.2 Å². The van der Waals surface area contributed by atoms with E-state index in [9.17, 15) is 0 Å². The number of hydrogen-bond acceptors (Lipinski definition) is 2. The van der Waals surface area contributed by atoms with Crippen LogP contribution >= 0.6 is 15.9 Å². The van der Waals surface area contributed by atoms with Gasteiger partial charge in [-0.15, -0.1) is 0 Å². The molecule has 3 N–H and O–H groups in total. The molecule has 0 radical (unpaired) electrons. The molecule has 0 spiro atoms. The zero-order chi connectivity index (χ0) is 13.0. The van der Waals surface area contributed by atoms with Gasteiger partial charge in [0.15, 0.2) is 0 Å². The normalized spacial score (nSPS) is 25.9. The average molecular weight is 311 g/mol. The van der Waals surface area contributed by atoms with Crippen molar-refractivity contribution in [3.63, 3.8) is 0 Å². The Balaban J connectivity index is 1.97. The van der Waals surface area contributed by atoms with Crippen molar-refractivity contribution in [2.24, 2.45) is 11.7 Å². The minimum absolute atomic E-state index is 0.398. The Morgan fingerprint density at radius 3 is 2.61 bits per heavy atom. The summed E-state index contributed by atoms with van der Waals surface area (Å²) in [4.78, 5) is 0. The minimum Gasteiger partial charge on any atom is -0.330 e. The number of nitrogens with two attached hydrogens (primary N) is 1. The van der Waals surface area contributed by atoms with Crippen LogP contribution < -0.4 is 11.1 Å². The molecule has 1 fully saturated rings. The van der Waals surface area contributed by atoms with Crippen molar-refractivity contribution in [1.29, 1.82) is 0 Å². The molecule has 0 aliphatic heterocycles. The molecule has 0 bridgehead atoms. The maximum absolute atomic E-state index is 5.88. The summed E-state index contributed by atoms with van der Waals surface area (Å²) in [5.41, 5.74) is 7.23.